The summed E-state index contributed by atoms with van der Waals surface area (Å²) in [6, 6.07) is 0.839. The van der Waals surface area contributed by atoms with Gasteiger partial charge in [-0.05, 0) is 37.8 Å². The molecule has 62 valence electrons. The van der Waals surface area contributed by atoms with Crippen LogP contribution in [0.3, 0.4) is 0 Å². The van der Waals surface area contributed by atoms with Gasteiger partial charge in [-0.2, -0.15) is 0 Å². The molecule has 0 aromatic heterocycles. The SMILES string of the molecule is C=CN1CC2CCCC1CC2. The Bertz CT molecular complexity index is 149. The fourth-order valence-corrected chi connectivity index (χ4v) is 2.54. The lowest BCUT2D eigenvalue weighted by Gasteiger charge is -2.35. The second-order valence-electron chi connectivity index (χ2n) is 3.91. The molecule has 2 atom stereocenters. The van der Waals surface area contributed by atoms with Gasteiger partial charge in [0.05, 0.1) is 0 Å². The van der Waals surface area contributed by atoms with Crippen molar-refractivity contribution in [2.45, 2.75) is 38.1 Å². The molecule has 2 unspecified atom stereocenters. The molecule has 0 spiro atoms. The summed E-state index contributed by atoms with van der Waals surface area (Å²) in [7, 11) is 0. The Morgan fingerprint density at radius 3 is 2.91 bits per heavy atom. The first-order valence-corrected chi connectivity index (χ1v) is 4.78. The van der Waals surface area contributed by atoms with E-state index in [9.17, 15) is 0 Å². The highest BCUT2D eigenvalue weighted by Gasteiger charge is 2.28. The van der Waals surface area contributed by atoms with Crippen molar-refractivity contribution in [2.24, 2.45) is 5.92 Å². The summed E-state index contributed by atoms with van der Waals surface area (Å²) in [6.45, 7) is 5.16. The summed E-state index contributed by atoms with van der Waals surface area (Å²) in [5, 5.41) is 0. The molecule has 1 nitrogen and oxygen atoms in total. The molecule has 2 bridgehead atoms. The normalized spacial score (nSPS) is 36.9. The summed E-state index contributed by atoms with van der Waals surface area (Å²) in [5.74, 6) is 0.978. The van der Waals surface area contributed by atoms with Crippen molar-refractivity contribution in [3.8, 4) is 0 Å². The lowest BCUT2D eigenvalue weighted by atomic mass is 9.95. The molecule has 2 aliphatic heterocycles. The lowest BCUT2D eigenvalue weighted by Crippen LogP contribution is -2.36. The molecule has 1 aliphatic carbocycles. The fraction of sp³-hybridized carbons (Fsp3) is 0.800. The average Bonchev–Trinajstić information content (AvgIpc) is 2.37. The quantitative estimate of drug-likeness (QED) is 0.556. The van der Waals surface area contributed by atoms with Gasteiger partial charge < -0.3 is 4.90 Å². The van der Waals surface area contributed by atoms with Crippen molar-refractivity contribution >= 4 is 0 Å². The molecular formula is C10H17N. The van der Waals surface area contributed by atoms with Crippen molar-refractivity contribution < 1.29 is 0 Å². The van der Waals surface area contributed by atoms with Crippen molar-refractivity contribution in [1.29, 1.82) is 0 Å². The van der Waals surface area contributed by atoms with Crippen molar-refractivity contribution in [1.82, 2.24) is 4.90 Å². The minimum absolute atomic E-state index is 0.839. The van der Waals surface area contributed by atoms with Crippen molar-refractivity contribution in [2.75, 3.05) is 6.54 Å². The Hall–Kier alpha value is -0.460. The van der Waals surface area contributed by atoms with E-state index in [1.54, 1.807) is 0 Å². The molecule has 3 fully saturated rings. The van der Waals surface area contributed by atoms with Crippen LogP contribution >= 0.6 is 0 Å². The third-order valence-corrected chi connectivity index (χ3v) is 3.23. The van der Waals surface area contributed by atoms with Crippen LogP contribution in [0.25, 0.3) is 0 Å². The fourth-order valence-electron chi connectivity index (χ4n) is 2.54. The van der Waals surface area contributed by atoms with E-state index in [2.05, 4.69) is 11.5 Å². The molecule has 0 aromatic rings. The number of hydrogen-bond donors (Lipinski definition) is 0. The Kier molecular flexibility index (Phi) is 1.89. The number of rotatable bonds is 1. The minimum Gasteiger partial charge on any atom is -0.375 e. The highest BCUT2D eigenvalue weighted by atomic mass is 15.1. The Morgan fingerprint density at radius 1 is 1.18 bits per heavy atom. The third kappa shape index (κ3) is 1.29. The molecule has 0 radical (unpaired) electrons. The largest absolute Gasteiger partial charge is 0.375 e. The van der Waals surface area contributed by atoms with Crippen molar-refractivity contribution in [3.05, 3.63) is 12.8 Å². The maximum absolute atomic E-state index is 3.87. The van der Waals surface area contributed by atoms with Crippen LogP contribution in [-0.4, -0.2) is 17.5 Å². The first kappa shape index (κ1) is 7.20. The predicted molar refractivity (Wildman–Crippen MR) is 47.3 cm³/mol. The van der Waals surface area contributed by atoms with Crippen LogP contribution in [0.15, 0.2) is 12.8 Å². The lowest BCUT2D eigenvalue weighted by molar-refractivity contribution is 0.182. The number of nitrogens with zero attached hydrogens (tertiary/aromatic N) is 1. The third-order valence-electron chi connectivity index (χ3n) is 3.23. The summed E-state index contributed by atoms with van der Waals surface area (Å²) < 4.78 is 0. The van der Waals surface area contributed by atoms with Crippen molar-refractivity contribution in [3.63, 3.8) is 0 Å². The van der Waals surface area contributed by atoms with Crippen LogP contribution in [0, 0.1) is 5.92 Å². The minimum atomic E-state index is 0.839. The van der Waals surface area contributed by atoms with E-state index < -0.39 is 0 Å². The molecule has 2 heterocycles. The Morgan fingerprint density at radius 2 is 2.09 bits per heavy atom. The average molecular weight is 151 g/mol. The molecule has 11 heavy (non-hydrogen) atoms. The van der Waals surface area contributed by atoms with E-state index >= 15 is 0 Å². The Balaban J connectivity index is 2.09. The van der Waals surface area contributed by atoms with E-state index in [1.807, 2.05) is 6.20 Å². The monoisotopic (exact) mass is 151 g/mol. The maximum atomic E-state index is 3.87. The molecule has 3 rings (SSSR count). The second kappa shape index (κ2) is 2.88. The predicted octanol–water partition coefficient (Wildman–Crippen LogP) is 2.39. The summed E-state index contributed by atoms with van der Waals surface area (Å²) >= 11 is 0. The number of hydrogen-bond acceptors (Lipinski definition) is 1. The van der Waals surface area contributed by atoms with Gasteiger partial charge >= 0.3 is 0 Å². The summed E-state index contributed by atoms with van der Waals surface area (Å²) in [4.78, 5) is 2.46. The van der Waals surface area contributed by atoms with Gasteiger partial charge in [-0.15, -0.1) is 0 Å². The molecule has 3 aliphatic rings. The van der Waals surface area contributed by atoms with Gasteiger partial charge in [-0.25, -0.2) is 0 Å². The van der Waals surface area contributed by atoms with E-state index in [-0.39, 0.29) is 0 Å². The van der Waals surface area contributed by atoms with Gasteiger partial charge in [0.2, 0.25) is 0 Å². The van der Waals surface area contributed by atoms with E-state index in [0.29, 0.717) is 0 Å². The number of piperidine rings is 1. The summed E-state index contributed by atoms with van der Waals surface area (Å²) in [5.41, 5.74) is 0. The first-order valence-electron chi connectivity index (χ1n) is 4.78. The van der Waals surface area contributed by atoms with Gasteiger partial charge in [0.1, 0.15) is 0 Å². The first-order chi connectivity index (χ1) is 5.40. The molecule has 0 N–H and O–H groups in total. The van der Waals surface area contributed by atoms with Gasteiger partial charge in [-0.3, -0.25) is 0 Å². The van der Waals surface area contributed by atoms with E-state index in [0.717, 1.165) is 12.0 Å². The van der Waals surface area contributed by atoms with E-state index in [4.69, 9.17) is 0 Å². The zero-order chi connectivity index (χ0) is 7.68. The van der Waals surface area contributed by atoms with Crippen LogP contribution in [0.2, 0.25) is 0 Å². The zero-order valence-electron chi connectivity index (χ0n) is 7.13. The molecule has 0 amide bonds. The highest BCUT2D eigenvalue weighted by molar-refractivity contribution is 4.89. The van der Waals surface area contributed by atoms with Gasteiger partial charge in [0, 0.05) is 12.6 Å². The highest BCUT2D eigenvalue weighted by Crippen LogP contribution is 2.32. The molecular weight excluding hydrogens is 134 g/mol. The van der Waals surface area contributed by atoms with Crippen LogP contribution in [0.4, 0.5) is 0 Å². The summed E-state index contributed by atoms with van der Waals surface area (Å²) in [6.07, 6.45) is 9.23. The van der Waals surface area contributed by atoms with Crippen LogP contribution in [-0.2, 0) is 0 Å². The van der Waals surface area contributed by atoms with Gasteiger partial charge in [0.15, 0.2) is 0 Å². The molecule has 1 saturated carbocycles. The number of fused-ring (bicyclic) bond motifs is 4. The zero-order valence-corrected chi connectivity index (χ0v) is 7.13. The molecule has 1 heteroatoms. The standard InChI is InChI=1S/C10H17N/c1-2-11-8-9-4-3-5-10(11)7-6-9/h2,9-10H,1,3-8H2. The molecule has 2 saturated heterocycles. The van der Waals surface area contributed by atoms with Gasteiger partial charge in [-0.1, -0.05) is 13.0 Å². The van der Waals surface area contributed by atoms with Crippen LogP contribution < -0.4 is 0 Å². The maximum Gasteiger partial charge on any atom is 0.0284 e. The molecule has 0 aromatic carbocycles. The van der Waals surface area contributed by atoms with Crippen LogP contribution in [0.5, 0.6) is 0 Å². The van der Waals surface area contributed by atoms with Crippen LogP contribution in [0.1, 0.15) is 32.1 Å². The smallest absolute Gasteiger partial charge is 0.0284 e. The topological polar surface area (TPSA) is 3.24 Å². The second-order valence-corrected chi connectivity index (χ2v) is 3.91. The Labute approximate surface area is 69.1 Å². The van der Waals surface area contributed by atoms with E-state index in [1.165, 1.54) is 38.6 Å². The van der Waals surface area contributed by atoms with Gasteiger partial charge in [0.25, 0.3) is 0 Å².